The first kappa shape index (κ1) is 15.0. The number of amides is 1. The van der Waals surface area contributed by atoms with E-state index in [1.54, 1.807) is 19.6 Å². The van der Waals surface area contributed by atoms with Crippen LogP contribution < -0.4 is 5.32 Å². The summed E-state index contributed by atoms with van der Waals surface area (Å²) in [4.78, 5) is 20.2. The molecule has 2 rings (SSSR count). The lowest BCUT2D eigenvalue weighted by Gasteiger charge is -2.14. The van der Waals surface area contributed by atoms with E-state index in [0.717, 1.165) is 5.69 Å². The maximum Gasteiger partial charge on any atom is 0.272 e. The number of hydrogen-bond donors (Lipinski definition) is 1. The smallest absolute Gasteiger partial charge is 0.272 e. The summed E-state index contributed by atoms with van der Waals surface area (Å²) in [5.41, 5.74) is 1.04. The Morgan fingerprint density at radius 1 is 1.43 bits per heavy atom. The molecule has 0 radical (unpaired) electrons. The number of aryl methyl sites for hydroxylation is 1. The standard InChI is InChI=1S/C13H18N6O2/c1-9-6-15-11(7-14-9)13(20)17-10(2)12-18-16-8-19(12)4-5-21-3/h6-8,10H,4-5H2,1-3H3,(H,17,20). The molecule has 8 heteroatoms. The van der Waals surface area contributed by atoms with Crippen LogP contribution in [-0.4, -0.2) is 44.4 Å². The molecule has 112 valence electrons. The van der Waals surface area contributed by atoms with Crippen molar-refractivity contribution in [3.8, 4) is 0 Å². The molecule has 8 nitrogen and oxygen atoms in total. The molecule has 0 saturated heterocycles. The number of nitrogens with one attached hydrogen (secondary N) is 1. The van der Waals surface area contributed by atoms with Crippen LogP contribution in [0.3, 0.4) is 0 Å². The number of hydrogen-bond acceptors (Lipinski definition) is 6. The summed E-state index contributed by atoms with van der Waals surface area (Å²) in [6.45, 7) is 4.83. The van der Waals surface area contributed by atoms with Crippen molar-refractivity contribution in [1.82, 2.24) is 30.0 Å². The third-order valence-corrected chi connectivity index (χ3v) is 2.93. The lowest BCUT2D eigenvalue weighted by molar-refractivity contribution is 0.0931. The van der Waals surface area contributed by atoms with Gasteiger partial charge in [0.2, 0.25) is 0 Å². The molecule has 1 atom stereocenters. The summed E-state index contributed by atoms with van der Waals surface area (Å²) in [5.74, 6) is 0.372. The predicted molar refractivity (Wildman–Crippen MR) is 74.5 cm³/mol. The van der Waals surface area contributed by atoms with Gasteiger partial charge in [-0.2, -0.15) is 0 Å². The Labute approximate surface area is 122 Å². The van der Waals surface area contributed by atoms with Gasteiger partial charge >= 0.3 is 0 Å². The SMILES string of the molecule is COCCn1cnnc1C(C)NC(=O)c1cnc(C)cn1. The number of rotatable bonds is 6. The van der Waals surface area contributed by atoms with Gasteiger partial charge in [-0.1, -0.05) is 0 Å². The van der Waals surface area contributed by atoms with E-state index >= 15 is 0 Å². The summed E-state index contributed by atoms with van der Waals surface area (Å²) in [7, 11) is 1.63. The molecule has 0 aromatic carbocycles. The van der Waals surface area contributed by atoms with E-state index in [9.17, 15) is 4.79 Å². The minimum atomic E-state index is -0.295. The maximum atomic E-state index is 12.1. The third-order valence-electron chi connectivity index (χ3n) is 2.93. The largest absolute Gasteiger partial charge is 0.383 e. The van der Waals surface area contributed by atoms with Crippen LogP contribution in [0.15, 0.2) is 18.7 Å². The van der Waals surface area contributed by atoms with Crippen molar-refractivity contribution >= 4 is 5.91 Å². The molecule has 0 aliphatic carbocycles. The number of methoxy groups -OCH3 is 1. The lowest BCUT2D eigenvalue weighted by atomic mass is 10.3. The van der Waals surface area contributed by atoms with Gasteiger partial charge in [0.1, 0.15) is 12.0 Å². The van der Waals surface area contributed by atoms with Gasteiger partial charge < -0.3 is 14.6 Å². The highest BCUT2D eigenvalue weighted by Gasteiger charge is 2.17. The molecule has 1 amide bonds. The van der Waals surface area contributed by atoms with Crippen LogP contribution in [0.2, 0.25) is 0 Å². The van der Waals surface area contributed by atoms with Crippen molar-refractivity contribution in [2.45, 2.75) is 26.4 Å². The summed E-state index contributed by atoms with van der Waals surface area (Å²) in [6, 6.07) is -0.292. The fraction of sp³-hybridized carbons (Fsp3) is 0.462. The Kier molecular flexibility index (Phi) is 4.94. The second-order valence-corrected chi connectivity index (χ2v) is 4.61. The molecule has 2 aromatic heterocycles. The van der Waals surface area contributed by atoms with Gasteiger partial charge in [-0.05, 0) is 13.8 Å². The van der Waals surface area contributed by atoms with Gasteiger partial charge in [-0.25, -0.2) is 4.98 Å². The van der Waals surface area contributed by atoms with E-state index in [1.165, 1.54) is 6.20 Å². The third kappa shape index (κ3) is 3.82. The first-order valence-electron chi connectivity index (χ1n) is 6.58. The molecule has 0 aliphatic heterocycles. The summed E-state index contributed by atoms with van der Waals surface area (Å²) < 4.78 is 6.87. The normalized spacial score (nSPS) is 12.1. The zero-order chi connectivity index (χ0) is 15.2. The Balaban J connectivity index is 2.03. The molecular weight excluding hydrogens is 272 g/mol. The quantitative estimate of drug-likeness (QED) is 0.833. The Hall–Kier alpha value is -2.35. The summed E-state index contributed by atoms with van der Waals surface area (Å²) in [6.07, 6.45) is 4.62. The van der Waals surface area contributed by atoms with Crippen molar-refractivity contribution in [2.24, 2.45) is 0 Å². The second kappa shape index (κ2) is 6.89. The predicted octanol–water partition coefficient (Wildman–Crippen LogP) is 0.514. The van der Waals surface area contributed by atoms with E-state index in [2.05, 4.69) is 25.5 Å². The minimum absolute atomic E-state index is 0.274. The van der Waals surface area contributed by atoms with Gasteiger partial charge in [0.05, 0.1) is 24.5 Å². The molecule has 0 fully saturated rings. The molecule has 2 heterocycles. The van der Waals surface area contributed by atoms with Crippen LogP contribution in [0.5, 0.6) is 0 Å². The number of aromatic nitrogens is 5. The molecule has 21 heavy (non-hydrogen) atoms. The molecular formula is C13H18N6O2. The van der Waals surface area contributed by atoms with Gasteiger partial charge in [-0.3, -0.25) is 9.78 Å². The van der Waals surface area contributed by atoms with E-state index in [1.807, 2.05) is 18.4 Å². The van der Waals surface area contributed by atoms with Crippen LogP contribution in [0.25, 0.3) is 0 Å². The summed E-state index contributed by atoms with van der Waals surface area (Å²) in [5, 5.41) is 10.7. The minimum Gasteiger partial charge on any atom is -0.383 e. The van der Waals surface area contributed by atoms with Gasteiger partial charge in [0.25, 0.3) is 5.91 Å². The monoisotopic (exact) mass is 290 g/mol. The van der Waals surface area contributed by atoms with Crippen molar-refractivity contribution in [3.05, 3.63) is 35.9 Å². The Bertz CT molecular complexity index is 595. The second-order valence-electron chi connectivity index (χ2n) is 4.61. The average molecular weight is 290 g/mol. The van der Waals surface area contributed by atoms with Crippen molar-refractivity contribution in [2.75, 3.05) is 13.7 Å². The van der Waals surface area contributed by atoms with Crippen molar-refractivity contribution in [1.29, 1.82) is 0 Å². The Morgan fingerprint density at radius 3 is 2.90 bits per heavy atom. The van der Waals surface area contributed by atoms with Crippen LogP contribution >= 0.6 is 0 Å². The highest BCUT2D eigenvalue weighted by atomic mass is 16.5. The first-order valence-corrected chi connectivity index (χ1v) is 6.58. The fourth-order valence-corrected chi connectivity index (χ4v) is 1.81. The van der Waals surface area contributed by atoms with Crippen molar-refractivity contribution in [3.63, 3.8) is 0 Å². The van der Waals surface area contributed by atoms with Gasteiger partial charge in [0.15, 0.2) is 5.82 Å². The number of ether oxygens (including phenoxy) is 1. The van der Waals surface area contributed by atoms with E-state index in [4.69, 9.17) is 4.74 Å². The van der Waals surface area contributed by atoms with E-state index in [-0.39, 0.29) is 17.6 Å². The van der Waals surface area contributed by atoms with E-state index < -0.39 is 0 Å². The number of carbonyl (C=O) groups excluding carboxylic acids is 1. The summed E-state index contributed by atoms with van der Waals surface area (Å²) >= 11 is 0. The fourth-order valence-electron chi connectivity index (χ4n) is 1.81. The molecule has 0 bridgehead atoms. The van der Waals surface area contributed by atoms with Gasteiger partial charge in [0, 0.05) is 19.9 Å². The van der Waals surface area contributed by atoms with Crippen molar-refractivity contribution < 1.29 is 9.53 Å². The topological polar surface area (TPSA) is 94.8 Å². The molecule has 2 aromatic rings. The van der Waals surface area contributed by atoms with Gasteiger partial charge in [-0.15, -0.1) is 10.2 Å². The molecule has 1 N–H and O–H groups in total. The first-order chi connectivity index (χ1) is 10.1. The Morgan fingerprint density at radius 2 is 2.24 bits per heavy atom. The van der Waals surface area contributed by atoms with Crippen LogP contribution in [-0.2, 0) is 11.3 Å². The molecule has 0 saturated carbocycles. The molecule has 1 unspecified atom stereocenters. The van der Waals surface area contributed by atoms with Crippen LogP contribution in [0.1, 0.15) is 35.0 Å². The molecule has 0 spiro atoms. The maximum absolute atomic E-state index is 12.1. The highest BCUT2D eigenvalue weighted by Crippen LogP contribution is 2.09. The zero-order valence-electron chi connectivity index (χ0n) is 12.3. The average Bonchev–Trinajstić information content (AvgIpc) is 2.94. The van der Waals surface area contributed by atoms with Crippen LogP contribution in [0, 0.1) is 6.92 Å². The number of nitrogens with zero attached hydrogens (tertiary/aromatic N) is 5. The zero-order valence-corrected chi connectivity index (χ0v) is 12.3. The van der Waals surface area contributed by atoms with E-state index in [0.29, 0.717) is 19.0 Å². The lowest BCUT2D eigenvalue weighted by Crippen LogP contribution is -2.29. The number of carbonyl (C=O) groups is 1. The van der Waals surface area contributed by atoms with Crippen LogP contribution in [0.4, 0.5) is 0 Å². The highest BCUT2D eigenvalue weighted by molar-refractivity contribution is 5.92. The molecule has 0 aliphatic rings.